The van der Waals surface area contributed by atoms with Gasteiger partial charge in [0.1, 0.15) is 11.0 Å². The lowest BCUT2D eigenvalue weighted by Crippen LogP contribution is -2.38. The molecule has 2 aliphatic rings. The number of aryl methyl sites for hydroxylation is 2. The van der Waals surface area contributed by atoms with Crippen LogP contribution in [0.1, 0.15) is 59.1 Å². The van der Waals surface area contributed by atoms with Gasteiger partial charge in [0.05, 0.1) is 19.3 Å². The van der Waals surface area contributed by atoms with Gasteiger partial charge in [0, 0.05) is 39.9 Å². The molecule has 210 valence electrons. The molecule has 1 N–H and O–H groups in total. The van der Waals surface area contributed by atoms with E-state index in [0.29, 0.717) is 21.3 Å². The Labute approximate surface area is 245 Å². The zero-order valence-electron chi connectivity index (χ0n) is 21.9. The van der Waals surface area contributed by atoms with E-state index in [1.807, 2.05) is 31.2 Å². The van der Waals surface area contributed by atoms with Gasteiger partial charge >= 0.3 is 5.97 Å². The molecular formula is C29H38Cl3NO4S. The van der Waals surface area contributed by atoms with E-state index in [1.165, 1.54) is 16.2 Å². The van der Waals surface area contributed by atoms with Crippen LogP contribution in [0, 0.1) is 11.8 Å². The molecule has 0 radical (unpaired) electrons. The quantitative estimate of drug-likeness (QED) is 0.212. The van der Waals surface area contributed by atoms with Crippen molar-refractivity contribution in [2.24, 2.45) is 11.8 Å². The number of thiophene rings is 1. The summed E-state index contributed by atoms with van der Waals surface area (Å²) in [6, 6.07) is 9.51. The molecule has 4 rings (SSSR count). The zero-order valence-corrected chi connectivity index (χ0v) is 25.0. The second-order valence-electron chi connectivity index (χ2n) is 10.6. The highest BCUT2D eigenvalue weighted by Gasteiger charge is 2.40. The number of morpholine rings is 1. The van der Waals surface area contributed by atoms with E-state index >= 15 is 0 Å². The highest BCUT2D eigenvalue weighted by Crippen LogP contribution is 2.42. The second kappa shape index (κ2) is 14.7. The second-order valence-corrected chi connectivity index (χ2v) is 13.2. The minimum Gasteiger partial charge on any atom is -0.458 e. The largest absolute Gasteiger partial charge is 0.458 e. The fraction of sp³-hybridized carbons (Fsp3) is 0.621. The molecule has 1 aliphatic carbocycles. The van der Waals surface area contributed by atoms with Crippen LogP contribution in [0.5, 0.6) is 0 Å². The van der Waals surface area contributed by atoms with Crippen LogP contribution in [0.15, 0.2) is 30.3 Å². The van der Waals surface area contributed by atoms with Crippen molar-refractivity contribution in [1.29, 1.82) is 0 Å². The van der Waals surface area contributed by atoms with E-state index in [1.54, 1.807) is 6.07 Å². The summed E-state index contributed by atoms with van der Waals surface area (Å²) in [6.07, 6.45) is 5.41. The molecule has 0 spiro atoms. The lowest BCUT2D eigenvalue weighted by Gasteiger charge is -2.27. The van der Waals surface area contributed by atoms with Gasteiger partial charge in [-0.3, -0.25) is 4.90 Å². The van der Waals surface area contributed by atoms with Gasteiger partial charge in [-0.1, -0.05) is 23.2 Å². The van der Waals surface area contributed by atoms with Crippen molar-refractivity contribution in [3.05, 3.63) is 55.7 Å². The number of esters is 1. The molecule has 0 amide bonds. The molecule has 2 fully saturated rings. The van der Waals surface area contributed by atoms with Crippen LogP contribution in [-0.2, 0) is 22.3 Å². The molecule has 2 aromatic rings. The highest BCUT2D eigenvalue weighted by atomic mass is 35.5. The number of hydrogen-bond donors (Lipinski definition) is 1. The van der Waals surface area contributed by atoms with Crippen molar-refractivity contribution in [3.63, 3.8) is 0 Å². The molecule has 1 aromatic carbocycles. The number of hydrogen-bond acceptors (Lipinski definition) is 6. The zero-order chi connectivity index (χ0) is 27.1. The van der Waals surface area contributed by atoms with E-state index in [9.17, 15) is 9.90 Å². The summed E-state index contributed by atoms with van der Waals surface area (Å²) < 4.78 is 11.1. The summed E-state index contributed by atoms with van der Waals surface area (Å²) in [5, 5.41) is 11.9. The van der Waals surface area contributed by atoms with Crippen molar-refractivity contribution >= 4 is 52.1 Å². The standard InChI is InChI=1S/C29H38Cl3NO4S/c1-19(9-10-33-11-13-36-14-12-33)37-29(35)28-8-6-23(38-28)3-2-4-24-25(27(34)18-26(24)32)7-5-20-15-21(30)17-22(31)16-20/h6,8,15-17,19,24-27,34H,2-5,7,9-14,18H2,1H3/t19?,24-,25-,26-,27-/m1/s1. The first-order valence-corrected chi connectivity index (χ1v) is 15.7. The number of halogens is 3. The third-order valence-corrected chi connectivity index (χ3v) is 9.81. The Kier molecular flexibility index (Phi) is 11.6. The average Bonchev–Trinajstić information content (AvgIpc) is 3.45. The number of carbonyl (C=O) groups excluding carboxylic acids is 1. The van der Waals surface area contributed by atoms with Gasteiger partial charge in [-0.05, 0) is 99.6 Å². The van der Waals surface area contributed by atoms with Crippen LogP contribution < -0.4 is 0 Å². The van der Waals surface area contributed by atoms with Crippen LogP contribution >= 0.6 is 46.1 Å². The number of ether oxygens (including phenoxy) is 2. The van der Waals surface area contributed by atoms with Crippen molar-refractivity contribution in [2.45, 2.75) is 69.5 Å². The van der Waals surface area contributed by atoms with Crippen LogP contribution in [-0.4, -0.2) is 66.4 Å². The van der Waals surface area contributed by atoms with Crippen LogP contribution in [0.2, 0.25) is 10.0 Å². The number of rotatable bonds is 12. The summed E-state index contributed by atoms with van der Waals surface area (Å²) in [7, 11) is 0. The third-order valence-electron chi connectivity index (χ3n) is 7.75. The first-order valence-electron chi connectivity index (χ1n) is 13.7. The molecule has 0 bridgehead atoms. The molecule has 5 nitrogen and oxygen atoms in total. The van der Waals surface area contributed by atoms with Crippen molar-refractivity contribution in [3.8, 4) is 0 Å². The SMILES string of the molecule is CC(CCN1CCOCC1)OC(=O)c1ccc(CCC[C@@H]2[C@@H](CCc3cc(Cl)cc(Cl)c3)[C@H](O)C[C@H]2Cl)s1. The Morgan fingerprint density at radius 2 is 1.87 bits per heavy atom. The Hall–Kier alpha value is -0.860. The highest BCUT2D eigenvalue weighted by molar-refractivity contribution is 7.13. The number of alkyl halides is 1. The maximum absolute atomic E-state index is 12.6. The first-order chi connectivity index (χ1) is 18.3. The predicted octanol–water partition coefficient (Wildman–Crippen LogP) is 6.88. The van der Waals surface area contributed by atoms with E-state index in [-0.39, 0.29) is 35.4 Å². The predicted molar refractivity (Wildman–Crippen MR) is 156 cm³/mol. The summed E-state index contributed by atoms with van der Waals surface area (Å²) >= 11 is 20.5. The van der Waals surface area contributed by atoms with Crippen molar-refractivity contribution < 1.29 is 19.4 Å². The van der Waals surface area contributed by atoms with E-state index in [2.05, 4.69) is 4.90 Å². The van der Waals surface area contributed by atoms with Crippen LogP contribution in [0.3, 0.4) is 0 Å². The molecule has 1 saturated heterocycles. The molecule has 2 heterocycles. The molecule has 1 saturated carbocycles. The van der Waals surface area contributed by atoms with Crippen molar-refractivity contribution in [1.82, 2.24) is 4.90 Å². The normalized spacial score (nSPS) is 25.0. The van der Waals surface area contributed by atoms with Gasteiger partial charge in [-0.2, -0.15) is 0 Å². The van der Waals surface area contributed by atoms with Gasteiger partial charge in [-0.15, -0.1) is 22.9 Å². The molecule has 38 heavy (non-hydrogen) atoms. The number of aliphatic hydroxyl groups excluding tert-OH is 1. The maximum atomic E-state index is 12.6. The Bertz CT molecular complexity index is 1020. The monoisotopic (exact) mass is 601 g/mol. The van der Waals surface area contributed by atoms with Gasteiger partial charge in [0.2, 0.25) is 0 Å². The lowest BCUT2D eigenvalue weighted by atomic mass is 9.85. The van der Waals surface area contributed by atoms with E-state index in [4.69, 9.17) is 44.3 Å². The summed E-state index contributed by atoms with van der Waals surface area (Å²) in [4.78, 5) is 16.8. The Balaban J connectivity index is 1.21. The molecular weight excluding hydrogens is 565 g/mol. The summed E-state index contributed by atoms with van der Waals surface area (Å²) in [5.74, 6) is 0.178. The number of benzene rings is 1. The minimum atomic E-state index is -0.384. The van der Waals surface area contributed by atoms with E-state index in [0.717, 1.165) is 76.9 Å². The molecule has 5 atom stereocenters. The Morgan fingerprint density at radius 1 is 1.13 bits per heavy atom. The van der Waals surface area contributed by atoms with Gasteiger partial charge < -0.3 is 14.6 Å². The summed E-state index contributed by atoms with van der Waals surface area (Å²) in [5.41, 5.74) is 1.08. The maximum Gasteiger partial charge on any atom is 0.348 e. The minimum absolute atomic E-state index is 0.0224. The lowest BCUT2D eigenvalue weighted by molar-refractivity contribution is 0.0174. The van der Waals surface area contributed by atoms with Gasteiger partial charge in [0.25, 0.3) is 0 Å². The molecule has 1 aliphatic heterocycles. The van der Waals surface area contributed by atoms with Crippen molar-refractivity contribution in [2.75, 3.05) is 32.8 Å². The summed E-state index contributed by atoms with van der Waals surface area (Å²) in [6.45, 7) is 6.31. The molecule has 1 unspecified atom stereocenters. The number of aliphatic hydroxyl groups is 1. The molecule has 9 heteroatoms. The topological polar surface area (TPSA) is 59.0 Å². The number of nitrogens with zero attached hydrogens (tertiary/aromatic N) is 1. The average molecular weight is 603 g/mol. The smallest absolute Gasteiger partial charge is 0.348 e. The fourth-order valence-corrected chi connectivity index (χ4v) is 7.65. The van der Waals surface area contributed by atoms with Gasteiger partial charge in [0.15, 0.2) is 0 Å². The third kappa shape index (κ3) is 8.82. The molecule has 1 aromatic heterocycles. The van der Waals surface area contributed by atoms with Crippen LogP contribution in [0.4, 0.5) is 0 Å². The fourth-order valence-electron chi connectivity index (χ4n) is 5.65. The number of carbonyl (C=O) groups is 1. The van der Waals surface area contributed by atoms with Crippen LogP contribution in [0.25, 0.3) is 0 Å². The first kappa shape index (κ1) is 30.1. The Morgan fingerprint density at radius 3 is 2.61 bits per heavy atom. The van der Waals surface area contributed by atoms with Gasteiger partial charge in [-0.25, -0.2) is 4.79 Å². The van der Waals surface area contributed by atoms with E-state index < -0.39 is 0 Å².